The summed E-state index contributed by atoms with van der Waals surface area (Å²) in [5.41, 5.74) is 9.37. The monoisotopic (exact) mass is 747 g/mol. The zero-order chi connectivity index (χ0) is 37.7. The first-order valence-corrected chi connectivity index (χ1v) is 19.9. The standard InChI is InChI=1S/C51H33N5S/c1-4-17-34(18-5-1)36-21-14-24-38(33-36)56(44-30-16-32-46-48(44)40-26-11-13-31-45(40)57-46)51-53-49(35-19-6-2-7-20-35)52-50(54-51)41-27-15-29-43-47(41)39-25-10-12-28-42(39)55(43)37-22-8-3-9-23-37/h1-33H. The maximum Gasteiger partial charge on any atom is 0.238 e. The van der Waals surface area contributed by atoms with E-state index in [-0.39, 0.29) is 0 Å². The van der Waals surface area contributed by atoms with Gasteiger partial charge in [0.2, 0.25) is 5.95 Å². The molecule has 0 spiro atoms. The lowest BCUT2D eigenvalue weighted by Crippen LogP contribution is -2.15. The minimum Gasteiger partial charge on any atom is -0.309 e. The van der Waals surface area contributed by atoms with Gasteiger partial charge in [0.1, 0.15) is 0 Å². The van der Waals surface area contributed by atoms with Crippen LogP contribution in [0.15, 0.2) is 200 Å². The van der Waals surface area contributed by atoms with Crippen LogP contribution in [0, 0.1) is 0 Å². The van der Waals surface area contributed by atoms with Gasteiger partial charge < -0.3 is 4.57 Å². The van der Waals surface area contributed by atoms with Crippen molar-refractivity contribution in [1.82, 2.24) is 19.5 Å². The highest BCUT2D eigenvalue weighted by Crippen LogP contribution is 2.45. The summed E-state index contributed by atoms with van der Waals surface area (Å²) in [6.45, 7) is 0. The molecule has 0 saturated carbocycles. The van der Waals surface area contributed by atoms with Crippen molar-refractivity contribution in [3.8, 4) is 39.6 Å². The zero-order valence-electron chi connectivity index (χ0n) is 30.7. The smallest absolute Gasteiger partial charge is 0.238 e. The SMILES string of the molecule is c1ccc(-c2cccc(N(c3nc(-c4ccccc4)nc(-c4cccc5c4c4ccccc4n5-c4ccccc4)n3)c3cccc4sc5ccccc5c34)c2)cc1. The minimum atomic E-state index is 0.538. The highest BCUT2D eigenvalue weighted by Gasteiger charge is 2.25. The largest absolute Gasteiger partial charge is 0.309 e. The van der Waals surface area contributed by atoms with Crippen molar-refractivity contribution >= 4 is 70.6 Å². The second-order valence-corrected chi connectivity index (χ2v) is 15.1. The normalized spacial score (nSPS) is 11.5. The molecule has 0 aliphatic heterocycles. The third kappa shape index (κ3) is 5.65. The fourth-order valence-corrected chi connectivity index (χ4v) is 9.25. The summed E-state index contributed by atoms with van der Waals surface area (Å²) in [5, 5.41) is 4.60. The molecule has 0 fully saturated rings. The Morgan fingerprint density at radius 3 is 1.86 bits per heavy atom. The first-order valence-electron chi connectivity index (χ1n) is 19.0. The molecule has 0 aliphatic rings. The van der Waals surface area contributed by atoms with Crippen molar-refractivity contribution in [3.05, 3.63) is 200 Å². The third-order valence-corrected chi connectivity index (χ3v) is 11.8. The van der Waals surface area contributed by atoms with Crippen LogP contribution >= 0.6 is 11.3 Å². The maximum absolute atomic E-state index is 5.49. The van der Waals surface area contributed by atoms with Crippen molar-refractivity contribution in [2.24, 2.45) is 0 Å². The predicted molar refractivity (Wildman–Crippen MR) is 238 cm³/mol. The van der Waals surface area contributed by atoms with E-state index < -0.39 is 0 Å². The fraction of sp³-hybridized carbons (Fsp3) is 0. The van der Waals surface area contributed by atoms with Crippen LogP contribution in [-0.4, -0.2) is 19.5 Å². The number of anilines is 3. The summed E-state index contributed by atoms with van der Waals surface area (Å²) in [7, 11) is 0. The van der Waals surface area contributed by atoms with Crippen LogP contribution in [0.4, 0.5) is 17.3 Å². The number of hydrogen-bond acceptors (Lipinski definition) is 5. The second-order valence-electron chi connectivity index (χ2n) is 14.0. The Morgan fingerprint density at radius 1 is 0.421 bits per heavy atom. The van der Waals surface area contributed by atoms with Crippen molar-refractivity contribution in [1.29, 1.82) is 0 Å². The molecule has 6 heteroatoms. The van der Waals surface area contributed by atoms with E-state index in [1.807, 2.05) is 18.2 Å². The van der Waals surface area contributed by atoms with Gasteiger partial charge in [-0.1, -0.05) is 146 Å². The molecule has 0 N–H and O–H groups in total. The van der Waals surface area contributed by atoms with E-state index in [9.17, 15) is 0 Å². The molecule has 0 atom stereocenters. The van der Waals surface area contributed by atoms with E-state index in [4.69, 9.17) is 15.0 Å². The molecule has 11 aromatic rings. The molecule has 11 rings (SSSR count). The summed E-state index contributed by atoms with van der Waals surface area (Å²) < 4.78 is 4.77. The summed E-state index contributed by atoms with van der Waals surface area (Å²) in [6.07, 6.45) is 0. The van der Waals surface area contributed by atoms with Gasteiger partial charge >= 0.3 is 0 Å². The Bertz CT molecular complexity index is 3240. The van der Waals surface area contributed by atoms with Crippen LogP contribution in [0.3, 0.4) is 0 Å². The molecule has 57 heavy (non-hydrogen) atoms. The average Bonchev–Trinajstić information content (AvgIpc) is 3.84. The number of aromatic nitrogens is 4. The van der Waals surface area contributed by atoms with E-state index >= 15 is 0 Å². The Balaban J connectivity index is 1.22. The van der Waals surface area contributed by atoms with E-state index in [1.54, 1.807) is 11.3 Å². The molecule has 0 radical (unpaired) electrons. The highest BCUT2D eigenvalue weighted by atomic mass is 32.1. The van der Waals surface area contributed by atoms with Gasteiger partial charge in [0, 0.05) is 53.4 Å². The number of hydrogen-bond donors (Lipinski definition) is 0. The summed E-state index contributed by atoms with van der Waals surface area (Å²) in [6, 6.07) is 70.2. The van der Waals surface area contributed by atoms with Crippen molar-refractivity contribution in [2.45, 2.75) is 0 Å². The van der Waals surface area contributed by atoms with Gasteiger partial charge in [-0.15, -0.1) is 11.3 Å². The fourth-order valence-electron chi connectivity index (χ4n) is 8.12. The van der Waals surface area contributed by atoms with Crippen molar-refractivity contribution in [3.63, 3.8) is 0 Å². The predicted octanol–water partition coefficient (Wildman–Crippen LogP) is 13.8. The number of benzene rings is 8. The number of thiophene rings is 1. The first-order chi connectivity index (χ1) is 28.3. The van der Waals surface area contributed by atoms with Gasteiger partial charge in [0.25, 0.3) is 0 Å². The van der Waals surface area contributed by atoms with Gasteiger partial charge in [-0.25, -0.2) is 4.98 Å². The van der Waals surface area contributed by atoms with Gasteiger partial charge in [0.05, 0.1) is 16.7 Å². The number of para-hydroxylation sites is 2. The molecule has 0 aliphatic carbocycles. The second kappa shape index (κ2) is 13.7. The molecule has 0 saturated heterocycles. The van der Waals surface area contributed by atoms with Crippen LogP contribution in [0.25, 0.3) is 81.6 Å². The molecular weight excluding hydrogens is 715 g/mol. The molecule has 268 valence electrons. The molecule has 3 heterocycles. The van der Waals surface area contributed by atoms with Gasteiger partial charge in [-0.2, -0.15) is 9.97 Å². The zero-order valence-corrected chi connectivity index (χ0v) is 31.5. The summed E-state index contributed by atoms with van der Waals surface area (Å²) >= 11 is 1.80. The van der Waals surface area contributed by atoms with Crippen LogP contribution < -0.4 is 4.90 Å². The highest BCUT2D eigenvalue weighted by molar-refractivity contribution is 7.26. The first kappa shape index (κ1) is 33.0. The number of rotatable bonds is 7. The molecular formula is C51H33N5S. The molecule has 5 nitrogen and oxygen atoms in total. The lowest BCUT2D eigenvalue weighted by molar-refractivity contribution is 1.03. The Labute approximate surface area is 333 Å². The van der Waals surface area contributed by atoms with Crippen molar-refractivity contribution in [2.75, 3.05) is 4.90 Å². The Kier molecular flexibility index (Phi) is 7.93. The summed E-state index contributed by atoms with van der Waals surface area (Å²) in [4.78, 5) is 18.4. The number of fused-ring (bicyclic) bond motifs is 6. The molecule has 8 aromatic carbocycles. The lowest BCUT2D eigenvalue weighted by atomic mass is 10.0. The quantitative estimate of drug-likeness (QED) is 0.163. The lowest BCUT2D eigenvalue weighted by Gasteiger charge is -2.25. The van der Waals surface area contributed by atoms with Gasteiger partial charge in [-0.05, 0) is 65.7 Å². The van der Waals surface area contributed by atoms with E-state index in [0.29, 0.717) is 17.6 Å². The van der Waals surface area contributed by atoms with E-state index in [2.05, 4.69) is 191 Å². The van der Waals surface area contributed by atoms with E-state index in [1.165, 1.54) is 20.2 Å². The molecule has 0 unspecified atom stereocenters. The number of nitrogens with zero attached hydrogens (tertiary/aromatic N) is 5. The van der Waals surface area contributed by atoms with Gasteiger partial charge in [0.15, 0.2) is 11.6 Å². The summed E-state index contributed by atoms with van der Waals surface area (Å²) in [5.74, 6) is 1.74. The van der Waals surface area contributed by atoms with Gasteiger partial charge in [-0.3, -0.25) is 4.90 Å². The minimum absolute atomic E-state index is 0.538. The van der Waals surface area contributed by atoms with Crippen molar-refractivity contribution < 1.29 is 0 Å². The molecule has 3 aromatic heterocycles. The molecule has 0 bridgehead atoms. The molecule has 0 amide bonds. The van der Waals surface area contributed by atoms with Crippen LogP contribution in [0.1, 0.15) is 0 Å². The average molecular weight is 748 g/mol. The topological polar surface area (TPSA) is 46.8 Å². The van der Waals surface area contributed by atoms with Crippen LogP contribution in [0.5, 0.6) is 0 Å². The maximum atomic E-state index is 5.49. The Hall–Kier alpha value is -7.41. The Morgan fingerprint density at radius 2 is 1.04 bits per heavy atom. The van der Waals surface area contributed by atoms with Crippen LogP contribution in [-0.2, 0) is 0 Å². The van der Waals surface area contributed by atoms with Crippen LogP contribution in [0.2, 0.25) is 0 Å². The third-order valence-electron chi connectivity index (χ3n) is 10.6. The van der Waals surface area contributed by atoms with E-state index in [0.717, 1.165) is 61.1 Å².